The predicted octanol–water partition coefficient (Wildman–Crippen LogP) is 17.3. The minimum absolute atomic E-state index is 0.951. The molecule has 0 bridgehead atoms. The van der Waals surface area contributed by atoms with Crippen LogP contribution in [-0.4, -0.2) is 4.57 Å². The van der Waals surface area contributed by atoms with Crippen molar-refractivity contribution in [3.8, 4) is 72.4 Å². The zero-order valence-electron chi connectivity index (χ0n) is 36.6. The Morgan fingerprint density at radius 2 is 1.12 bits per heavy atom. The largest absolute Gasteiger partial charge is 0.362 e. The zero-order chi connectivity index (χ0) is 44.0. The molecular formula is C64H46N2. The minimum Gasteiger partial charge on any atom is -0.362 e. The fourth-order valence-electron chi connectivity index (χ4n) is 10.1. The molecule has 312 valence electrons. The van der Waals surface area contributed by atoms with Gasteiger partial charge < -0.3 is 9.88 Å². The van der Waals surface area contributed by atoms with Crippen LogP contribution in [0.25, 0.3) is 106 Å². The van der Waals surface area contributed by atoms with E-state index in [1.807, 2.05) is 18.4 Å². The van der Waals surface area contributed by atoms with Crippen LogP contribution in [0.15, 0.2) is 237 Å². The van der Waals surface area contributed by atoms with Gasteiger partial charge in [0.25, 0.3) is 0 Å². The second-order valence-electron chi connectivity index (χ2n) is 17.4. The van der Waals surface area contributed by atoms with Gasteiger partial charge in [0.05, 0.1) is 16.7 Å². The third-order valence-corrected chi connectivity index (χ3v) is 13.3. The summed E-state index contributed by atoms with van der Waals surface area (Å²) in [5.41, 5.74) is 24.2. The van der Waals surface area contributed by atoms with Crippen LogP contribution in [0.2, 0.25) is 0 Å². The second kappa shape index (κ2) is 16.6. The molecule has 2 aliphatic rings. The highest BCUT2D eigenvalue weighted by Gasteiger charge is 2.26. The van der Waals surface area contributed by atoms with Crippen molar-refractivity contribution in [1.29, 1.82) is 0 Å². The van der Waals surface area contributed by atoms with E-state index >= 15 is 0 Å². The van der Waals surface area contributed by atoms with Gasteiger partial charge in [-0.1, -0.05) is 176 Å². The Kier molecular flexibility index (Phi) is 9.84. The maximum atomic E-state index is 4.44. The molecule has 0 saturated carbocycles. The maximum Gasteiger partial charge on any atom is 0.0620 e. The first-order valence-electron chi connectivity index (χ1n) is 22.9. The number of aromatic nitrogens is 1. The highest BCUT2D eigenvalue weighted by molar-refractivity contribution is 6.18. The van der Waals surface area contributed by atoms with Gasteiger partial charge in [-0.2, -0.15) is 0 Å². The van der Waals surface area contributed by atoms with Gasteiger partial charge in [-0.3, -0.25) is 0 Å². The zero-order valence-corrected chi connectivity index (χ0v) is 36.6. The average molecular weight is 843 g/mol. The molecule has 9 aromatic carbocycles. The van der Waals surface area contributed by atoms with Crippen LogP contribution in [0.1, 0.15) is 23.1 Å². The van der Waals surface area contributed by atoms with E-state index in [-0.39, 0.29) is 0 Å². The monoisotopic (exact) mass is 842 g/mol. The summed E-state index contributed by atoms with van der Waals surface area (Å²) in [4.78, 5) is 0. The normalized spacial score (nSPS) is 12.6. The van der Waals surface area contributed by atoms with E-state index in [4.69, 9.17) is 0 Å². The average Bonchev–Trinajstić information content (AvgIpc) is 3.66. The summed E-state index contributed by atoms with van der Waals surface area (Å²) in [6.45, 7) is 4.44. The van der Waals surface area contributed by atoms with Crippen LogP contribution >= 0.6 is 0 Å². The van der Waals surface area contributed by atoms with E-state index < -0.39 is 0 Å². The highest BCUT2D eigenvalue weighted by atomic mass is 15.0. The predicted molar refractivity (Wildman–Crippen MR) is 282 cm³/mol. The molecule has 0 spiro atoms. The number of aryl methyl sites for hydroxylation is 1. The van der Waals surface area contributed by atoms with Crippen LogP contribution in [0.3, 0.4) is 0 Å². The molecular weight excluding hydrogens is 797 g/mol. The first kappa shape index (κ1) is 39.2. The van der Waals surface area contributed by atoms with Crippen molar-refractivity contribution >= 4 is 39.1 Å². The molecule has 0 atom stereocenters. The van der Waals surface area contributed by atoms with E-state index in [0.717, 1.165) is 35.2 Å². The molecule has 1 aliphatic heterocycles. The number of anilines is 1. The third-order valence-electron chi connectivity index (χ3n) is 13.3. The van der Waals surface area contributed by atoms with Crippen molar-refractivity contribution in [2.75, 3.05) is 5.32 Å². The van der Waals surface area contributed by atoms with Crippen molar-refractivity contribution in [2.45, 2.75) is 12.8 Å². The summed E-state index contributed by atoms with van der Waals surface area (Å²) in [5.74, 6) is 0. The standard InChI is InChI=1S/C64H46N2/c1-43(17-14-15-34-65-55-37-52(44-18-4-2-5-19-44)36-53(38-55)45-20-6-3-7-21-45)48-24-16-25-49(35-48)46-30-32-47(33-31-46)54-40-60-57-27-11-10-26-56(57)59-39-50-22-8-9-23-51(50)42-63(59)66-62-29-13-12-28-58(62)61(41-54)64(60)66/h2-7,9-21,23-42,65H,1,8,22H2/b17-14-,34-15-. The number of rotatable bonds is 9. The first-order chi connectivity index (χ1) is 32.6. The summed E-state index contributed by atoms with van der Waals surface area (Å²) in [6, 6.07) is 73.1. The SMILES string of the molecule is C=C(/C=C\C=C/Nc1cc(-c2ccccc2)cc(-c2ccccc2)c1)c1cccc(-c2ccc(-c3cc4c5c(c3)c3ccccc3n5-c3cc5c(cc3-c3ccccc3-4)CCC=C5)cc2)c1. The van der Waals surface area contributed by atoms with Crippen LogP contribution < -0.4 is 5.32 Å². The van der Waals surface area contributed by atoms with E-state index in [0.29, 0.717) is 0 Å². The lowest BCUT2D eigenvalue weighted by Gasteiger charge is -2.18. The summed E-state index contributed by atoms with van der Waals surface area (Å²) >= 11 is 0. The Morgan fingerprint density at radius 1 is 0.485 bits per heavy atom. The molecule has 10 aromatic rings. The number of fused-ring (bicyclic) bond motifs is 9. The lowest BCUT2D eigenvalue weighted by molar-refractivity contribution is 0.983. The van der Waals surface area contributed by atoms with Crippen molar-refractivity contribution in [2.24, 2.45) is 0 Å². The van der Waals surface area contributed by atoms with Gasteiger partial charge in [0, 0.05) is 33.8 Å². The first-order valence-corrected chi connectivity index (χ1v) is 22.9. The Morgan fingerprint density at radius 3 is 1.88 bits per heavy atom. The number of allylic oxidation sites excluding steroid dienone is 5. The van der Waals surface area contributed by atoms with Gasteiger partial charge in [-0.25, -0.2) is 0 Å². The molecule has 1 aliphatic carbocycles. The number of nitrogens with one attached hydrogen (secondary N) is 1. The molecule has 1 N–H and O–H groups in total. The summed E-state index contributed by atoms with van der Waals surface area (Å²) < 4.78 is 2.53. The molecule has 0 saturated heterocycles. The van der Waals surface area contributed by atoms with Gasteiger partial charge in [0.1, 0.15) is 0 Å². The third kappa shape index (κ3) is 7.10. The van der Waals surface area contributed by atoms with Crippen LogP contribution in [0.4, 0.5) is 5.69 Å². The van der Waals surface area contributed by atoms with Crippen LogP contribution in [-0.2, 0) is 6.42 Å². The van der Waals surface area contributed by atoms with Crippen LogP contribution in [0.5, 0.6) is 0 Å². The quantitative estimate of drug-likeness (QED) is 0.143. The fourth-order valence-corrected chi connectivity index (χ4v) is 10.1. The van der Waals surface area contributed by atoms with E-state index in [1.165, 1.54) is 99.8 Å². The molecule has 2 heterocycles. The number of hydrogen-bond acceptors (Lipinski definition) is 1. The van der Waals surface area contributed by atoms with Crippen LogP contribution in [0, 0.1) is 0 Å². The van der Waals surface area contributed by atoms with Crippen molar-refractivity contribution in [3.63, 3.8) is 0 Å². The second-order valence-corrected chi connectivity index (χ2v) is 17.4. The molecule has 2 nitrogen and oxygen atoms in total. The van der Waals surface area contributed by atoms with Gasteiger partial charge in [0.15, 0.2) is 0 Å². The lowest BCUT2D eigenvalue weighted by Crippen LogP contribution is -2.01. The smallest absolute Gasteiger partial charge is 0.0620 e. The molecule has 2 heteroatoms. The molecule has 12 rings (SSSR count). The highest BCUT2D eigenvalue weighted by Crippen LogP contribution is 2.49. The van der Waals surface area contributed by atoms with Gasteiger partial charge in [-0.15, -0.1) is 0 Å². The Balaban J connectivity index is 0.818. The van der Waals surface area contributed by atoms with Crippen molar-refractivity contribution in [3.05, 3.63) is 254 Å². The summed E-state index contributed by atoms with van der Waals surface area (Å²) in [6.07, 6.45) is 14.9. The van der Waals surface area contributed by atoms with E-state index in [1.54, 1.807) is 0 Å². The maximum absolute atomic E-state index is 4.44. The molecule has 0 amide bonds. The summed E-state index contributed by atoms with van der Waals surface area (Å²) in [5, 5.41) is 6.06. The fraction of sp³-hybridized carbons (Fsp3) is 0.0312. The Bertz CT molecular complexity index is 3540. The number of hydrogen-bond donors (Lipinski definition) is 1. The number of benzene rings is 9. The van der Waals surface area contributed by atoms with E-state index in [2.05, 4.69) is 235 Å². The van der Waals surface area contributed by atoms with Crippen molar-refractivity contribution in [1.82, 2.24) is 4.57 Å². The molecule has 0 radical (unpaired) electrons. The van der Waals surface area contributed by atoms with E-state index in [9.17, 15) is 0 Å². The Hall–Kier alpha value is -8.46. The molecule has 1 aromatic heterocycles. The Labute approximate surface area is 386 Å². The molecule has 66 heavy (non-hydrogen) atoms. The van der Waals surface area contributed by atoms with Gasteiger partial charge in [-0.05, 0) is 151 Å². The molecule has 0 unspecified atom stereocenters. The minimum atomic E-state index is 0.951. The van der Waals surface area contributed by atoms with Gasteiger partial charge >= 0.3 is 0 Å². The molecule has 0 fully saturated rings. The number of para-hydroxylation sites is 1. The lowest BCUT2D eigenvalue weighted by atomic mass is 9.88. The van der Waals surface area contributed by atoms with Gasteiger partial charge in [0.2, 0.25) is 0 Å². The topological polar surface area (TPSA) is 17.0 Å². The summed E-state index contributed by atoms with van der Waals surface area (Å²) in [7, 11) is 0. The number of nitrogens with zero attached hydrogens (tertiary/aromatic N) is 1. The van der Waals surface area contributed by atoms with Crippen molar-refractivity contribution < 1.29 is 0 Å².